The van der Waals surface area contributed by atoms with E-state index in [1.807, 2.05) is 18.2 Å². The Labute approximate surface area is 126 Å². The fraction of sp³-hybridized carbons (Fsp3) is 0.188. The lowest BCUT2D eigenvalue weighted by molar-refractivity contribution is 0.101. The van der Waals surface area contributed by atoms with Gasteiger partial charge in [-0.3, -0.25) is 4.79 Å². The first-order chi connectivity index (χ1) is 8.97. The van der Waals surface area contributed by atoms with Crippen LogP contribution in [-0.4, -0.2) is 5.78 Å². The molecule has 0 saturated heterocycles. The quantitative estimate of drug-likeness (QED) is 0.697. The third kappa shape index (κ3) is 3.48. The number of halogens is 1. The van der Waals surface area contributed by atoms with Crippen LogP contribution in [0.4, 0.5) is 0 Å². The van der Waals surface area contributed by atoms with Crippen LogP contribution in [0.3, 0.4) is 0 Å². The van der Waals surface area contributed by atoms with Gasteiger partial charge < -0.3 is 0 Å². The van der Waals surface area contributed by atoms with Gasteiger partial charge in [0.25, 0.3) is 0 Å². The number of hydrogen-bond donors (Lipinski definition) is 0. The topological polar surface area (TPSA) is 17.1 Å². The number of carbonyl (C=O) groups excluding carboxylic acids is 1. The zero-order valence-corrected chi connectivity index (χ0v) is 13.6. The molecule has 0 aliphatic rings. The Morgan fingerprint density at radius 1 is 1.00 bits per heavy atom. The van der Waals surface area contributed by atoms with Gasteiger partial charge in [0, 0.05) is 19.8 Å². The third-order valence-corrected chi connectivity index (χ3v) is 4.67. The largest absolute Gasteiger partial charge is 0.294 e. The number of ketones is 1. The molecule has 0 bridgehead atoms. The summed E-state index contributed by atoms with van der Waals surface area (Å²) in [7, 11) is 0. The molecule has 0 aliphatic heterocycles. The van der Waals surface area contributed by atoms with Crippen LogP contribution < -0.4 is 0 Å². The molecule has 0 saturated carbocycles. The molecule has 0 N–H and O–H groups in total. The number of carbonyl (C=O) groups is 1. The van der Waals surface area contributed by atoms with Crippen molar-refractivity contribution < 1.29 is 4.79 Å². The molecule has 0 radical (unpaired) electrons. The second-order valence-electron chi connectivity index (χ2n) is 4.55. The highest BCUT2D eigenvalue weighted by Gasteiger charge is 2.07. The summed E-state index contributed by atoms with van der Waals surface area (Å²) in [5.41, 5.74) is 3.33. The molecule has 2 aromatic carbocycles. The molecule has 3 heteroatoms. The Morgan fingerprint density at radius 2 is 1.63 bits per heavy atom. The van der Waals surface area contributed by atoms with E-state index in [1.54, 1.807) is 18.7 Å². The van der Waals surface area contributed by atoms with Gasteiger partial charge in [-0.15, -0.1) is 0 Å². The van der Waals surface area contributed by atoms with Crippen molar-refractivity contribution in [3.05, 3.63) is 57.6 Å². The monoisotopic (exact) mass is 334 g/mol. The van der Waals surface area contributed by atoms with Gasteiger partial charge in [-0.2, -0.15) is 0 Å². The van der Waals surface area contributed by atoms with E-state index in [1.165, 1.54) is 16.0 Å². The SMILES string of the molecule is CC(=O)c1ccc(Sc2ccc(C)c(C)c2)cc1Br. The minimum atomic E-state index is 0.0783. The first-order valence-electron chi connectivity index (χ1n) is 6.03. The smallest absolute Gasteiger partial charge is 0.160 e. The van der Waals surface area contributed by atoms with E-state index >= 15 is 0 Å². The Morgan fingerprint density at radius 3 is 2.21 bits per heavy atom. The zero-order valence-electron chi connectivity index (χ0n) is 11.2. The van der Waals surface area contributed by atoms with Crippen LogP contribution in [0.25, 0.3) is 0 Å². The van der Waals surface area contributed by atoms with Crippen molar-refractivity contribution in [2.45, 2.75) is 30.6 Å². The van der Waals surface area contributed by atoms with Crippen LogP contribution in [0.15, 0.2) is 50.7 Å². The molecule has 2 aromatic rings. The van der Waals surface area contributed by atoms with Crippen LogP contribution in [-0.2, 0) is 0 Å². The van der Waals surface area contributed by atoms with E-state index in [2.05, 4.69) is 48.0 Å². The number of Topliss-reactive ketones (excluding diaryl/α,β-unsaturated/α-hetero) is 1. The fourth-order valence-corrected chi connectivity index (χ4v) is 3.52. The van der Waals surface area contributed by atoms with Crippen molar-refractivity contribution in [3.8, 4) is 0 Å². The molecule has 0 aromatic heterocycles. The lowest BCUT2D eigenvalue weighted by Crippen LogP contribution is -1.93. The number of aryl methyl sites for hydroxylation is 2. The van der Waals surface area contributed by atoms with Gasteiger partial charge in [0.05, 0.1) is 0 Å². The van der Waals surface area contributed by atoms with Gasteiger partial charge in [0.2, 0.25) is 0 Å². The maximum Gasteiger partial charge on any atom is 0.160 e. The van der Waals surface area contributed by atoms with Crippen molar-refractivity contribution in [2.75, 3.05) is 0 Å². The predicted molar refractivity (Wildman–Crippen MR) is 84.2 cm³/mol. The summed E-state index contributed by atoms with van der Waals surface area (Å²) in [6.07, 6.45) is 0. The maximum absolute atomic E-state index is 11.4. The maximum atomic E-state index is 11.4. The molecule has 1 nitrogen and oxygen atoms in total. The first kappa shape index (κ1) is 14.4. The summed E-state index contributed by atoms with van der Waals surface area (Å²) >= 11 is 5.16. The summed E-state index contributed by atoms with van der Waals surface area (Å²) in [6, 6.07) is 12.3. The lowest BCUT2D eigenvalue weighted by atomic mass is 10.1. The zero-order chi connectivity index (χ0) is 14.0. The summed E-state index contributed by atoms with van der Waals surface area (Å²) in [6.45, 7) is 5.81. The molecule has 0 fully saturated rings. The molecule has 0 aliphatic carbocycles. The fourth-order valence-electron chi connectivity index (χ4n) is 1.76. The molecule has 0 heterocycles. The van der Waals surface area contributed by atoms with Crippen molar-refractivity contribution in [2.24, 2.45) is 0 Å². The first-order valence-corrected chi connectivity index (χ1v) is 7.64. The van der Waals surface area contributed by atoms with Gasteiger partial charge >= 0.3 is 0 Å². The molecule has 98 valence electrons. The molecule has 2 rings (SSSR count). The number of benzene rings is 2. The Kier molecular flexibility index (Phi) is 4.48. The Balaban J connectivity index is 2.26. The second-order valence-corrected chi connectivity index (χ2v) is 6.55. The van der Waals surface area contributed by atoms with E-state index in [9.17, 15) is 4.79 Å². The highest BCUT2D eigenvalue weighted by molar-refractivity contribution is 9.10. The molecule has 0 unspecified atom stereocenters. The van der Waals surface area contributed by atoms with Gasteiger partial charge in [0.1, 0.15) is 0 Å². The van der Waals surface area contributed by atoms with Crippen molar-refractivity contribution in [1.82, 2.24) is 0 Å². The van der Waals surface area contributed by atoms with E-state index in [0.29, 0.717) is 0 Å². The molecule has 0 amide bonds. The minimum absolute atomic E-state index is 0.0783. The number of hydrogen-bond acceptors (Lipinski definition) is 2. The van der Waals surface area contributed by atoms with Gasteiger partial charge in [0.15, 0.2) is 5.78 Å². The summed E-state index contributed by atoms with van der Waals surface area (Å²) in [4.78, 5) is 13.7. The molecular weight excluding hydrogens is 320 g/mol. The van der Waals surface area contributed by atoms with Gasteiger partial charge in [-0.1, -0.05) is 33.8 Å². The Bertz CT molecular complexity index is 635. The lowest BCUT2D eigenvalue weighted by Gasteiger charge is -2.07. The summed E-state index contributed by atoms with van der Waals surface area (Å²) in [5.74, 6) is 0.0783. The molecule has 0 spiro atoms. The third-order valence-electron chi connectivity index (χ3n) is 3.03. The van der Waals surface area contributed by atoms with Gasteiger partial charge in [-0.25, -0.2) is 0 Å². The normalized spacial score (nSPS) is 10.5. The van der Waals surface area contributed by atoms with Crippen LogP contribution >= 0.6 is 27.7 Å². The highest BCUT2D eigenvalue weighted by atomic mass is 79.9. The average Bonchev–Trinajstić information content (AvgIpc) is 2.33. The van der Waals surface area contributed by atoms with E-state index in [-0.39, 0.29) is 5.78 Å². The van der Waals surface area contributed by atoms with Crippen LogP contribution in [0.2, 0.25) is 0 Å². The van der Waals surface area contributed by atoms with Crippen molar-refractivity contribution >= 4 is 33.5 Å². The van der Waals surface area contributed by atoms with E-state index < -0.39 is 0 Å². The molecular formula is C16H15BrOS. The summed E-state index contributed by atoms with van der Waals surface area (Å²) in [5, 5.41) is 0. The van der Waals surface area contributed by atoms with Crippen LogP contribution in [0, 0.1) is 13.8 Å². The van der Waals surface area contributed by atoms with E-state index in [4.69, 9.17) is 0 Å². The highest BCUT2D eigenvalue weighted by Crippen LogP contribution is 2.32. The van der Waals surface area contributed by atoms with Crippen molar-refractivity contribution in [3.63, 3.8) is 0 Å². The number of rotatable bonds is 3. The van der Waals surface area contributed by atoms with Crippen LogP contribution in [0.1, 0.15) is 28.4 Å². The van der Waals surface area contributed by atoms with Gasteiger partial charge in [-0.05, 0) is 62.2 Å². The van der Waals surface area contributed by atoms with Crippen molar-refractivity contribution in [1.29, 1.82) is 0 Å². The Hall–Kier alpha value is -1.06. The van der Waals surface area contributed by atoms with E-state index in [0.717, 1.165) is 14.9 Å². The molecule has 0 atom stereocenters. The molecule has 19 heavy (non-hydrogen) atoms. The second kappa shape index (κ2) is 5.93. The summed E-state index contributed by atoms with van der Waals surface area (Å²) < 4.78 is 0.855. The minimum Gasteiger partial charge on any atom is -0.294 e. The van der Waals surface area contributed by atoms with Crippen LogP contribution in [0.5, 0.6) is 0 Å². The standard InChI is InChI=1S/C16H15BrOS/c1-10-4-5-13(8-11(10)2)19-14-6-7-15(12(3)18)16(17)9-14/h4-9H,1-3H3. The predicted octanol–water partition coefficient (Wildman–Crippen LogP) is 5.42. The average molecular weight is 335 g/mol.